The maximum absolute atomic E-state index is 13.7. The van der Waals surface area contributed by atoms with Crippen molar-refractivity contribution in [1.82, 2.24) is 5.32 Å². The van der Waals surface area contributed by atoms with Crippen LogP contribution in [0.5, 0.6) is 0 Å². The minimum atomic E-state index is -2.15. The average molecular weight is 291 g/mol. The third kappa shape index (κ3) is 6.21. The van der Waals surface area contributed by atoms with Crippen molar-refractivity contribution in [1.29, 1.82) is 0 Å². The highest BCUT2D eigenvalue weighted by molar-refractivity contribution is 5.77. The zero-order valence-corrected chi connectivity index (χ0v) is 13.0. The first-order valence-corrected chi connectivity index (χ1v) is 7.04. The smallest absolute Gasteiger partial charge is 0.407 e. The van der Waals surface area contributed by atoms with Crippen LogP contribution in [-0.4, -0.2) is 34.5 Å². The van der Waals surface area contributed by atoms with E-state index < -0.39 is 23.3 Å². The summed E-state index contributed by atoms with van der Waals surface area (Å²) in [6, 6.07) is -0.219. The monoisotopic (exact) mass is 291 g/mol. The Hall–Kier alpha value is -1.33. The molecule has 0 aromatic rings. The van der Waals surface area contributed by atoms with Gasteiger partial charge >= 0.3 is 12.1 Å². The van der Waals surface area contributed by atoms with E-state index >= 15 is 0 Å². The van der Waals surface area contributed by atoms with Crippen LogP contribution in [0.15, 0.2) is 0 Å². The van der Waals surface area contributed by atoms with Gasteiger partial charge in [-0.2, -0.15) is 0 Å². The molecule has 1 amide bonds. The summed E-state index contributed by atoms with van der Waals surface area (Å²) >= 11 is 0. The lowest BCUT2D eigenvalue weighted by molar-refractivity contribution is -0.153. The lowest BCUT2D eigenvalue weighted by Crippen LogP contribution is -2.46. The first-order chi connectivity index (χ1) is 9.12. The molecule has 1 aliphatic rings. The van der Waals surface area contributed by atoms with Crippen LogP contribution in [0.2, 0.25) is 0 Å². The van der Waals surface area contributed by atoms with Gasteiger partial charge in [0.15, 0.2) is 0 Å². The molecule has 1 rings (SSSR count). The highest BCUT2D eigenvalue weighted by atomic mass is 19.1. The summed E-state index contributed by atoms with van der Waals surface area (Å²) in [5.74, 6) is -1.42. The molecular formula is C14H26FNO4. The summed E-state index contributed by atoms with van der Waals surface area (Å²) in [4.78, 5) is 22.2. The predicted molar refractivity (Wildman–Crippen MR) is 74.4 cm³/mol. The zero-order chi connectivity index (χ0) is 16.0. The third-order valence-electron chi connectivity index (χ3n) is 2.88. The van der Waals surface area contributed by atoms with Gasteiger partial charge in [-0.05, 0) is 46.5 Å². The number of alkyl halides is 1. The van der Waals surface area contributed by atoms with E-state index in [0.717, 1.165) is 0 Å². The van der Waals surface area contributed by atoms with E-state index in [-0.39, 0.29) is 18.9 Å². The van der Waals surface area contributed by atoms with Gasteiger partial charge in [-0.3, -0.25) is 0 Å². The van der Waals surface area contributed by atoms with Crippen molar-refractivity contribution in [3.05, 3.63) is 0 Å². The van der Waals surface area contributed by atoms with Crippen LogP contribution in [0.25, 0.3) is 0 Å². The Morgan fingerprint density at radius 1 is 1.25 bits per heavy atom. The molecule has 0 radical (unpaired) electrons. The second-order valence-corrected chi connectivity index (χ2v) is 5.69. The van der Waals surface area contributed by atoms with Crippen molar-refractivity contribution < 1.29 is 23.8 Å². The maximum atomic E-state index is 13.7. The Balaban J connectivity index is 0.00000172. The highest BCUT2D eigenvalue weighted by Gasteiger charge is 2.42. The van der Waals surface area contributed by atoms with Crippen LogP contribution < -0.4 is 5.32 Å². The van der Waals surface area contributed by atoms with Crippen LogP contribution in [0.4, 0.5) is 9.18 Å². The number of hydrogen-bond acceptors (Lipinski definition) is 3. The fourth-order valence-corrected chi connectivity index (χ4v) is 1.91. The molecule has 0 unspecified atom stereocenters. The van der Waals surface area contributed by atoms with E-state index in [9.17, 15) is 14.0 Å². The summed E-state index contributed by atoms with van der Waals surface area (Å²) in [5.41, 5.74) is -2.73. The standard InChI is InChI=1S/C12H20FNO4.C2H6/c1-11(2,3)18-10(17)14-8-4-6-12(13,7-5-8)9(15)16;1-2/h8H,4-7H2,1-3H3,(H,14,17)(H,15,16);1-2H3. The molecule has 0 bridgehead atoms. The number of nitrogens with one attached hydrogen (secondary N) is 1. The van der Waals surface area contributed by atoms with Crippen molar-refractivity contribution >= 4 is 12.1 Å². The molecule has 0 heterocycles. The second kappa shape index (κ2) is 7.45. The fourth-order valence-electron chi connectivity index (χ4n) is 1.91. The second-order valence-electron chi connectivity index (χ2n) is 5.69. The van der Waals surface area contributed by atoms with E-state index in [4.69, 9.17) is 9.84 Å². The first-order valence-electron chi connectivity index (χ1n) is 7.04. The maximum Gasteiger partial charge on any atom is 0.407 e. The lowest BCUT2D eigenvalue weighted by Gasteiger charge is -2.31. The Morgan fingerprint density at radius 3 is 2.05 bits per heavy atom. The number of carbonyl (C=O) groups is 2. The summed E-state index contributed by atoms with van der Waals surface area (Å²) in [6.07, 6.45) is -0.0930. The van der Waals surface area contributed by atoms with Crippen LogP contribution in [0, 0.1) is 0 Å². The van der Waals surface area contributed by atoms with Gasteiger partial charge in [0.25, 0.3) is 0 Å². The fraction of sp³-hybridized carbons (Fsp3) is 0.857. The molecule has 2 N–H and O–H groups in total. The van der Waals surface area contributed by atoms with Gasteiger partial charge in [-0.1, -0.05) is 13.8 Å². The van der Waals surface area contributed by atoms with Crippen LogP contribution in [0.3, 0.4) is 0 Å². The number of ether oxygens (including phenoxy) is 1. The normalized spacial score (nSPS) is 26.0. The van der Waals surface area contributed by atoms with E-state index in [1.54, 1.807) is 20.8 Å². The van der Waals surface area contributed by atoms with E-state index in [1.165, 1.54) is 0 Å². The summed E-state index contributed by atoms with van der Waals surface area (Å²) < 4.78 is 18.8. The number of carboxylic acids is 1. The topological polar surface area (TPSA) is 75.6 Å². The van der Waals surface area contributed by atoms with Gasteiger partial charge in [0.1, 0.15) is 5.60 Å². The molecule has 118 valence electrons. The van der Waals surface area contributed by atoms with Crippen molar-refractivity contribution in [2.45, 2.75) is 77.6 Å². The van der Waals surface area contributed by atoms with Crippen molar-refractivity contribution in [3.63, 3.8) is 0 Å². The Kier molecular flexibility index (Phi) is 6.96. The number of carbonyl (C=O) groups excluding carboxylic acids is 1. The minimum Gasteiger partial charge on any atom is -0.479 e. The van der Waals surface area contributed by atoms with E-state index in [1.807, 2.05) is 13.8 Å². The molecule has 0 saturated heterocycles. The first kappa shape index (κ1) is 18.7. The number of amides is 1. The van der Waals surface area contributed by atoms with Gasteiger partial charge in [0.2, 0.25) is 5.67 Å². The number of alkyl carbamates (subject to hydrolysis) is 1. The molecule has 0 aromatic carbocycles. The number of halogens is 1. The lowest BCUT2D eigenvalue weighted by atomic mass is 9.83. The van der Waals surface area contributed by atoms with Crippen molar-refractivity contribution in [2.24, 2.45) is 0 Å². The molecule has 0 aromatic heterocycles. The number of rotatable bonds is 2. The molecular weight excluding hydrogens is 265 g/mol. The largest absolute Gasteiger partial charge is 0.479 e. The Morgan fingerprint density at radius 2 is 1.70 bits per heavy atom. The average Bonchev–Trinajstić information content (AvgIpc) is 2.32. The highest BCUT2D eigenvalue weighted by Crippen LogP contribution is 2.32. The summed E-state index contributed by atoms with van der Waals surface area (Å²) in [5, 5.41) is 11.4. The Bertz CT molecular complexity index is 331. The molecule has 0 aliphatic heterocycles. The van der Waals surface area contributed by atoms with Gasteiger partial charge in [0.05, 0.1) is 0 Å². The summed E-state index contributed by atoms with van der Waals surface area (Å²) in [7, 11) is 0. The SMILES string of the molecule is CC.CC(C)(C)OC(=O)NC1CCC(F)(C(=O)O)CC1. The van der Waals surface area contributed by atoms with Gasteiger partial charge < -0.3 is 15.2 Å². The van der Waals surface area contributed by atoms with Crippen LogP contribution in [0.1, 0.15) is 60.3 Å². The van der Waals surface area contributed by atoms with Crippen molar-refractivity contribution in [2.75, 3.05) is 0 Å². The Labute approximate surface area is 119 Å². The van der Waals surface area contributed by atoms with Gasteiger partial charge in [0, 0.05) is 6.04 Å². The molecule has 6 heteroatoms. The summed E-state index contributed by atoms with van der Waals surface area (Å²) in [6.45, 7) is 9.26. The van der Waals surface area contributed by atoms with Crippen LogP contribution >= 0.6 is 0 Å². The van der Waals surface area contributed by atoms with Gasteiger partial charge in [-0.25, -0.2) is 14.0 Å². The number of carboxylic acid groups (broad SMARTS) is 1. The van der Waals surface area contributed by atoms with E-state index in [0.29, 0.717) is 12.8 Å². The molecule has 1 saturated carbocycles. The third-order valence-corrected chi connectivity index (χ3v) is 2.88. The molecule has 1 aliphatic carbocycles. The molecule has 0 atom stereocenters. The van der Waals surface area contributed by atoms with Gasteiger partial charge in [-0.15, -0.1) is 0 Å². The number of hydrogen-bond donors (Lipinski definition) is 2. The zero-order valence-electron chi connectivity index (χ0n) is 13.0. The predicted octanol–water partition coefficient (Wildman–Crippen LogP) is 3.27. The molecule has 0 spiro atoms. The minimum absolute atomic E-state index is 0.0806. The number of aliphatic carboxylic acids is 1. The molecule has 1 fully saturated rings. The molecule has 5 nitrogen and oxygen atoms in total. The molecule has 20 heavy (non-hydrogen) atoms. The van der Waals surface area contributed by atoms with Crippen LogP contribution in [-0.2, 0) is 9.53 Å². The van der Waals surface area contributed by atoms with Crippen molar-refractivity contribution in [3.8, 4) is 0 Å². The quantitative estimate of drug-likeness (QED) is 0.818. The van der Waals surface area contributed by atoms with E-state index in [2.05, 4.69) is 5.32 Å².